The van der Waals surface area contributed by atoms with E-state index in [1.54, 1.807) is 6.92 Å². The molecule has 0 aliphatic carbocycles. The van der Waals surface area contributed by atoms with Crippen molar-refractivity contribution in [1.29, 1.82) is 0 Å². The molecule has 1 saturated heterocycles. The lowest BCUT2D eigenvalue weighted by molar-refractivity contribution is -0.134. The van der Waals surface area contributed by atoms with Crippen LogP contribution >= 0.6 is 11.3 Å². The van der Waals surface area contributed by atoms with Crippen molar-refractivity contribution in [2.45, 2.75) is 32.7 Å². The summed E-state index contributed by atoms with van der Waals surface area (Å²) in [6, 6.07) is 10.9. The number of carbonyl (C=O) groups excluding carboxylic acids is 2. The van der Waals surface area contributed by atoms with Crippen molar-refractivity contribution < 1.29 is 9.59 Å². The van der Waals surface area contributed by atoms with Gasteiger partial charge in [0.25, 0.3) is 0 Å². The zero-order chi connectivity index (χ0) is 20.4. The highest BCUT2D eigenvalue weighted by atomic mass is 32.1. The Hall–Kier alpha value is -2.18. The predicted molar refractivity (Wildman–Crippen MR) is 116 cm³/mol. The summed E-state index contributed by atoms with van der Waals surface area (Å²) in [5, 5.41) is 2.17. The molecule has 0 spiro atoms. The fraction of sp³-hybridized carbons (Fsp3) is 0.478. The van der Waals surface area contributed by atoms with Crippen molar-refractivity contribution in [1.82, 2.24) is 14.7 Å². The Balaban J connectivity index is 1.53. The minimum absolute atomic E-state index is 0.0972. The van der Waals surface area contributed by atoms with Crippen molar-refractivity contribution in [3.63, 3.8) is 0 Å². The fourth-order valence-electron chi connectivity index (χ4n) is 4.55. The van der Waals surface area contributed by atoms with Crippen LogP contribution in [0.3, 0.4) is 0 Å². The molecule has 0 N–H and O–H groups in total. The van der Waals surface area contributed by atoms with Gasteiger partial charge in [0.15, 0.2) is 0 Å². The molecule has 1 aromatic carbocycles. The van der Waals surface area contributed by atoms with E-state index in [0.29, 0.717) is 19.6 Å². The molecule has 2 amide bonds. The Kier molecular flexibility index (Phi) is 6.01. The molecule has 2 aliphatic rings. The molecule has 0 bridgehead atoms. The first kappa shape index (κ1) is 20.1. The molecular weight excluding hydrogens is 382 g/mol. The van der Waals surface area contributed by atoms with Crippen molar-refractivity contribution in [3.8, 4) is 0 Å². The lowest BCUT2D eigenvalue weighted by Crippen LogP contribution is -2.45. The lowest BCUT2D eigenvalue weighted by Gasteiger charge is -2.37. The molecule has 29 heavy (non-hydrogen) atoms. The molecule has 2 aliphatic heterocycles. The van der Waals surface area contributed by atoms with Gasteiger partial charge in [-0.25, -0.2) is 0 Å². The van der Waals surface area contributed by atoms with Gasteiger partial charge in [-0.1, -0.05) is 24.3 Å². The van der Waals surface area contributed by atoms with E-state index >= 15 is 0 Å². The number of thiophene rings is 1. The van der Waals surface area contributed by atoms with Gasteiger partial charge in [0.1, 0.15) is 0 Å². The summed E-state index contributed by atoms with van der Waals surface area (Å²) < 4.78 is 0. The standard InChI is InChI=1S/C23H29N3O2S/c1-17-6-3-4-7-19(17)23-20-9-15-29-21(20)8-12-26(23)16-22(28)25-11-5-10-24(13-14-25)18(2)27/h3-4,6-7,9,15,23H,5,8,10-14,16H2,1-2H3/t23-/m1/s1. The quantitative estimate of drug-likeness (QED) is 0.780. The van der Waals surface area contributed by atoms with E-state index in [1.807, 2.05) is 21.1 Å². The molecule has 154 valence electrons. The fourth-order valence-corrected chi connectivity index (χ4v) is 5.46. The first-order valence-electron chi connectivity index (χ1n) is 10.4. The summed E-state index contributed by atoms with van der Waals surface area (Å²) in [6.45, 7) is 7.82. The topological polar surface area (TPSA) is 43.9 Å². The number of nitrogens with zero attached hydrogens (tertiary/aromatic N) is 3. The second-order valence-corrected chi connectivity index (χ2v) is 9.02. The van der Waals surface area contributed by atoms with Crippen LogP contribution in [0.15, 0.2) is 35.7 Å². The minimum atomic E-state index is 0.0972. The van der Waals surface area contributed by atoms with Crippen LogP contribution in [0, 0.1) is 6.92 Å². The molecule has 3 heterocycles. The van der Waals surface area contributed by atoms with Gasteiger partial charge in [0, 0.05) is 44.5 Å². The van der Waals surface area contributed by atoms with Crippen molar-refractivity contribution in [3.05, 3.63) is 57.3 Å². The number of fused-ring (bicyclic) bond motifs is 1. The van der Waals surface area contributed by atoms with Crippen LogP contribution < -0.4 is 0 Å². The number of amides is 2. The van der Waals surface area contributed by atoms with Gasteiger partial charge in [-0.05, 0) is 47.9 Å². The van der Waals surface area contributed by atoms with E-state index < -0.39 is 0 Å². The van der Waals surface area contributed by atoms with Crippen molar-refractivity contribution in [2.24, 2.45) is 0 Å². The third kappa shape index (κ3) is 4.23. The maximum Gasteiger partial charge on any atom is 0.236 e. The van der Waals surface area contributed by atoms with E-state index in [4.69, 9.17) is 0 Å². The Morgan fingerprint density at radius 1 is 1.00 bits per heavy atom. The Morgan fingerprint density at radius 3 is 2.55 bits per heavy atom. The van der Waals surface area contributed by atoms with Gasteiger partial charge >= 0.3 is 0 Å². The number of aryl methyl sites for hydroxylation is 1. The second-order valence-electron chi connectivity index (χ2n) is 8.02. The second kappa shape index (κ2) is 8.67. The largest absolute Gasteiger partial charge is 0.341 e. The van der Waals surface area contributed by atoms with Crippen molar-refractivity contribution >= 4 is 23.2 Å². The molecule has 0 unspecified atom stereocenters. The third-order valence-electron chi connectivity index (χ3n) is 6.18. The molecule has 5 nitrogen and oxygen atoms in total. The molecule has 6 heteroatoms. The normalized spacial score (nSPS) is 20.3. The molecular formula is C23H29N3O2S. The summed E-state index contributed by atoms with van der Waals surface area (Å²) >= 11 is 1.82. The lowest BCUT2D eigenvalue weighted by atomic mass is 9.90. The summed E-state index contributed by atoms with van der Waals surface area (Å²) in [4.78, 5) is 32.4. The highest BCUT2D eigenvalue weighted by Gasteiger charge is 2.32. The van der Waals surface area contributed by atoms with Crippen LogP contribution in [0.4, 0.5) is 0 Å². The van der Waals surface area contributed by atoms with Crippen LogP contribution in [-0.4, -0.2) is 65.8 Å². The number of hydrogen-bond donors (Lipinski definition) is 0. The number of benzene rings is 1. The molecule has 0 saturated carbocycles. The van der Waals surface area contributed by atoms with Crippen molar-refractivity contribution in [2.75, 3.05) is 39.3 Å². The number of carbonyl (C=O) groups is 2. The number of hydrogen-bond acceptors (Lipinski definition) is 4. The average Bonchev–Trinajstić information content (AvgIpc) is 3.03. The summed E-state index contributed by atoms with van der Waals surface area (Å²) in [7, 11) is 0. The maximum absolute atomic E-state index is 13.2. The average molecular weight is 412 g/mol. The third-order valence-corrected chi connectivity index (χ3v) is 7.18. The maximum atomic E-state index is 13.2. The number of rotatable bonds is 3. The monoisotopic (exact) mass is 411 g/mol. The first-order chi connectivity index (χ1) is 14.0. The molecule has 0 radical (unpaired) electrons. The summed E-state index contributed by atoms with van der Waals surface area (Å²) in [5.74, 6) is 0.271. The van der Waals surface area contributed by atoms with Crippen LogP contribution in [0.2, 0.25) is 0 Å². The Bertz CT molecular complexity index is 894. The smallest absolute Gasteiger partial charge is 0.236 e. The zero-order valence-electron chi connectivity index (χ0n) is 17.3. The molecule has 4 rings (SSSR count). The Labute approximate surface area is 176 Å². The van der Waals surface area contributed by atoms with Gasteiger partial charge in [0.05, 0.1) is 12.6 Å². The van der Waals surface area contributed by atoms with Crippen LogP contribution in [0.1, 0.15) is 41.0 Å². The highest BCUT2D eigenvalue weighted by Crippen LogP contribution is 2.38. The van der Waals surface area contributed by atoms with E-state index in [0.717, 1.165) is 32.5 Å². The minimum Gasteiger partial charge on any atom is -0.341 e. The molecule has 1 atom stereocenters. The van der Waals surface area contributed by atoms with Crippen LogP contribution in [0.5, 0.6) is 0 Å². The first-order valence-corrected chi connectivity index (χ1v) is 11.3. The van der Waals surface area contributed by atoms with E-state index in [-0.39, 0.29) is 17.9 Å². The molecule has 2 aromatic rings. The molecule has 1 aromatic heterocycles. The molecule has 1 fully saturated rings. The summed E-state index contributed by atoms with van der Waals surface area (Å²) in [5.41, 5.74) is 3.90. The SMILES string of the molecule is CC(=O)N1CCCN(C(=O)CN2CCc3sccc3[C@H]2c2ccccc2C)CC1. The van der Waals surface area contributed by atoms with Gasteiger partial charge < -0.3 is 9.80 Å². The van der Waals surface area contributed by atoms with Crippen LogP contribution in [0.25, 0.3) is 0 Å². The highest BCUT2D eigenvalue weighted by molar-refractivity contribution is 7.10. The Morgan fingerprint density at radius 2 is 1.76 bits per heavy atom. The van der Waals surface area contributed by atoms with Crippen LogP contribution in [-0.2, 0) is 16.0 Å². The summed E-state index contributed by atoms with van der Waals surface area (Å²) in [6.07, 6.45) is 1.85. The van der Waals surface area contributed by atoms with E-state index in [1.165, 1.54) is 21.6 Å². The van der Waals surface area contributed by atoms with Gasteiger partial charge in [-0.15, -0.1) is 11.3 Å². The zero-order valence-corrected chi connectivity index (χ0v) is 18.1. The van der Waals surface area contributed by atoms with Gasteiger partial charge in [-0.3, -0.25) is 14.5 Å². The van der Waals surface area contributed by atoms with E-state index in [2.05, 4.69) is 47.5 Å². The predicted octanol–water partition coefficient (Wildman–Crippen LogP) is 3.08. The van der Waals surface area contributed by atoms with E-state index in [9.17, 15) is 9.59 Å². The van der Waals surface area contributed by atoms with Gasteiger partial charge in [0.2, 0.25) is 11.8 Å². The van der Waals surface area contributed by atoms with Gasteiger partial charge in [-0.2, -0.15) is 0 Å².